The van der Waals surface area contributed by atoms with Crippen molar-refractivity contribution >= 4 is 22.9 Å². The average molecular weight is 218 g/mol. The van der Waals surface area contributed by atoms with E-state index in [1.165, 1.54) is 0 Å². The summed E-state index contributed by atoms with van der Waals surface area (Å²) >= 11 is 5.30. The van der Waals surface area contributed by atoms with Crippen LogP contribution in [0.5, 0.6) is 0 Å². The van der Waals surface area contributed by atoms with Crippen LogP contribution >= 0.6 is 12.2 Å². The van der Waals surface area contributed by atoms with Crippen LogP contribution in [-0.4, -0.2) is 16.4 Å². The largest absolute Gasteiger partial charge is 0.351 e. The van der Waals surface area contributed by atoms with Gasteiger partial charge >= 0.3 is 0 Å². The predicted molar refractivity (Wildman–Crippen MR) is 67.4 cm³/mol. The second kappa shape index (κ2) is 3.74. The fourth-order valence-electron chi connectivity index (χ4n) is 1.59. The molecule has 15 heavy (non-hydrogen) atoms. The van der Waals surface area contributed by atoms with Gasteiger partial charge in [0.2, 0.25) is 0 Å². The number of nitrogens with zero attached hydrogens (tertiary/aromatic N) is 1. The Bertz CT molecular complexity index is 411. The molecular formula is C12H14N2S. The first-order valence-electron chi connectivity index (χ1n) is 5.12. The monoisotopic (exact) mass is 218 g/mol. The fraction of sp³-hybridized carbons (Fsp3) is 0.333. The predicted octanol–water partition coefficient (Wildman–Crippen LogP) is 2.53. The number of hydrogen-bond acceptors (Lipinski definition) is 2. The molecule has 0 spiro atoms. The van der Waals surface area contributed by atoms with Crippen molar-refractivity contribution in [2.75, 3.05) is 0 Å². The van der Waals surface area contributed by atoms with E-state index < -0.39 is 0 Å². The third kappa shape index (κ3) is 1.92. The summed E-state index contributed by atoms with van der Waals surface area (Å²) in [7, 11) is 0. The number of nitrogens with one attached hydrogen (secondary N) is 1. The molecule has 0 fully saturated rings. The molecule has 1 unspecified atom stereocenters. The van der Waals surface area contributed by atoms with E-state index in [2.05, 4.69) is 24.2 Å². The summed E-state index contributed by atoms with van der Waals surface area (Å²) in [5.41, 5.74) is 1.78. The van der Waals surface area contributed by atoms with Gasteiger partial charge < -0.3 is 5.32 Å². The molecule has 0 radical (unpaired) electrons. The lowest BCUT2D eigenvalue weighted by molar-refractivity contribution is 0.440. The first kappa shape index (κ1) is 10.3. The van der Waals surface area contributed by atoms with Crippen LogP contribution in [0.3, 0.4) is 0 Å². The Kier molecular flexibility index (Phi) is 2.57. The van der Waals surface area contributed by atoms with Crippen molar-refractivity contribution in [3.05, 3.63) is 35.9 Å². The number of aliphatic imine (C=N–C) groups is 1. The Morgan fingerprint density at radius 2 is 2.00 bits per heavy atom. The van der Waals surface area contributed by atoms with Gasteiger partial charge in [-0.15, -0.1) is 0 Å². The first-order valence-corrected chi connectivity index (χ1v) is 5.53. The Balaban J connectivity index is 2.39. The van der Waals surface area contributed by atoms with Crippen LogP contribution in [0, 0.1) is 0 Å². The summed E-state index contributed by atoms with van der Waals surface area (Å²) in [6, 6.07) is 10.1. The highest BCUT2D eigenvalue weighted by atomic mass is 32.1. The maximum atomic E-state index is 5.30. The molecular weight excluding hydrogens is 204 g/mol. The van der Waals surface area contributed by atoms with E-state index in [1.54, 1.807) is 0 Å². The Labute approximate surface area is 95.4 Å². The molecule has 0 amide bonds. The lowest BCUT2D eigenvalue weighted by Crippen LogP contribution is -2.38. The van der Waals surface area contributed by atoms with Gasteiger partial charge in [0.25, 0.3) is 0 Å². The van der Waals surface area contributed by atoms with E-state index in [1.807, 2.05) is 30.3 Å². The van der Waals surface area contributed by atoms with Crippen molar-refractivity contribution in [1.29, 1.82) is 0 Å². The highest BCUT2D eigenvalue weighted by Gasteiger charge is 2.31. The zero-order valence-electron chi connectivity index (χ0n) is 8.95. The van der Waals surface area contributed by atoms with Gasteiger partial charge in [0.15, 0.2) is 0 Å². The molecule has 1 aromatic carbocycles. The number of thiocarbonyl (C=S) groups is 1. The topological polar surface area (TPSA) is 24.4 Å². The third-order valence-electron chi connectivity index (χ3n) is 2.69. The summed E-state index contributed by atoms with van der Waals surface area (Å²) < 4.78 is 0. The van der Waals surface area contributed by atoms with Gasteiger partial charge in [-0.25, -0.2) is 0 Å². The van der Waals surface area contributed by atoms with Crippen molar-refractivity contribution in [3.8, 4) is 0 Å². The van der Waals surface area contributed by atoms with E-state index in [0.29, 0.717) is 0 Å². The van der Waals surface area contributed by atoms with Crippen molar-refractivity contribution in [2.45, 2.75) is 25.9 Å². The molecule has 78 valence electrons. The Morgan fingerprint density at radius 3 is 2.53 bits per heavy atom. The summed E-state index contributed by atoms with van der Waals surface area (Å²) in [6.45, 7) is 4.17. The number of benzene rings is 1. The number of hydrogen-bond donors (Lipinski definition) is 1. The van der Waals surface area contributed by atoms with Gasteiger partial charge in [-0.2, -0.15) is 0 Å². The Hall–Kier alpha value is -1.22. The zero-order chi connectivity index (χ0) is 10.9. The van der Waals surface area contributed by atoms with Crippen molar-refractivity contribution in [1.82, 2.24) is 5.32 Å². The van der Waals surface area contributed by atoms with Crippen LogP contribution in [0.1, 0.15) is 25.8 Å². The standard InChI is InChI=1S/C12H14N2S/c1-3-12(2)13-10(11(15)14-12)9-7-5-4-6-8-9/h4-8H,3H2,1-2H3,(H,14,15). The Morgan fingerprint density at radius 1 is 1.33 bits per heavy atom. The summed E-state index contributed by atoms with van der Waals surface area (Å²) in [5.74, 6) is 0. The quantitative estimate of drug-likeness (QED) is 0.771. The van der Waals surface area contributed by atoms with Crippen LogP contribution in [0.4, 0.5) is 0 Å². The van der Waals surface area contributed by atoms with E-state index in [-0.39, 0.29) is 5.66 Å². The molecule has 1 aliphatic heterocycles. The fourth-order valence-corrected chi connectivity index (χ4v) is 1.97. The molecule has 1 aromatic rings. The van der Waals surface area contributed by atoms with Crippen molar-refractivity contribution in [3.63, 3.8) is 0 Å². The maximum Gasteiger partial charge on any atom is 0.127 e. The third-order valence-corrected chi connectivity index (χ3v) is 2.99. The van der Waals surface area contributed by atoms with E-state index in [0.717, 1.165) is 22.7 Å². The molecule has 0 saturated heterocycles. The average Bonchev–Trinajstić information content (AvgIpc) is 2.57. The molecule has 1 N–H and O–H groups in total. The highest BCUT2D eigenvalue weighted by molar-refractivity contribution is 7.82. The smallest absolute Gasteiger partial charge is 0.127 e. The van der Waals surface area contributed by atoms with Crippen LogP contribution in [0.2, 0.25) is 0 Å². The van der Waals surface area contributed by atoms with E-state index in [9.17, 15) is 0 Å². The molecule has 0 aliphatic carbocycles. The minimum Gasteiger partial charge on any atom is -0.351 e. The SMILES string of the molecule is CCC1(C)N=C(c2ccccc2)C(=S)N1. The number of rotatable bonds is 2. The van der Waals surface area contributed by atoms with E-state index in [4.69, 9.17) is 12.2 Å². The van der Waals surface area contributed by atoms with Crippen LogP contribution < -0.4 is 5.32 Å². The second-order valence-electron chi connectivity index (χ2n) is 3.91. The zero-order valence-corrected chi connectivity index (χ0v) is 9.77. The van der Waals surface area contributed by atoms with Gasteiger partial charge in [-0.3, -0.25) is 4.99 Å². The molecule has 2 nitrogen and oxygen atoms in total. The van der Waals surface area contributed by atoms with E-state index >= 15 is 0 Å². The summed E-state index contributed by atoms with van der Waals surface area (Å²) in [6.07, 6.45) is 0.934. The van der Waals surface area contributed by atoms with Gasteiger partial charge in [-0.05, 0) is 13.3 Å². The molecule has 3 heteroatoms. The molecule has 0 saturated carbocycles. The van der Waals surface area contributed by atoms with Gasteiger partial charge in [0.05, 0.1) is 0 Å². The molecule has 0 aromatic heterocycles. The first-order chi connectivity index (χ1) is 7.14. The van der Waals surface area contributed by atoms with Gasteiger partial charge in [0.1, 0.15) is 16.4 Å². The second-order valence-corrected chi connectivity index (χ2v) is 4.32. The molecule has 0 bridgehead atoms. The minimum absolute atomic E-state index is 0.220. The van der Waals surface area contributed by atoms with Gasteiger partial charge in [-0.1, -0.05) is 49.5 Å². The van der Waals surface area contributed by atoms with Crippen molar-refractivity contribution in [2.24, 2.45) is 4.99 Å². The lowest BCUT2D eigenvalue weighted by Gasteiger charge is -2.18. The molecule has 1 aliphatic rings. The maximum absolute atomic E-state index is 5.30. The van der Waals surface area contributed by atoms with Crippen LogP contribution in [0.25, 0.3) is 0 Å². The van der Waals surface area contributed by atoms with Gasteiger partial charge in [0, 0.05) is 5.56 Å². The molecule has 1 heterocycles. The molecule has 2 rings (SSSR count). The van der Waals surface area contributed by atoms with Crippen LogP contribution in [0.15, 0.2) is 35.3 Å². The lowest BCUT2D eigenvalue weighted by atomic mass is 10.1. The summed E-state index contributed by atoms with van der Waals surface area (Å²) in [4.78, 5) is 5.41. The normalized spacial score (nSPS) is 24.9. The van der Waals surface area contributed by atoms with Crippen LogP contribution in [-0.2, 0) is 0 Å². The summed E-state index contributed by atoms with van der Waals surface area (Å²) in [5, 5.41) is 3.26. The van der Waals surface area contributed by atoms with Crippen molar-refractivity contribution < 1.29 is 0 Å². The highest BCUT2D eigenvalue weighted by Crippen LogP contribution is 2.20. The molecule has 1 atom stereocenters. The minimum atomic E-state index is -0.220.